The van der Waals surface area contributed by atoms with Crippen molar-refractivity contribution in [1.29, 1.82) is 0 Å². The van der Waals surface area contributed by atoms with Crippen molar-refractivity contribution >= 4 is 33.5 Å². The van der Waals surface area contributed by atoms with Crippen molar-refractivity contribution in [3.05, 3.63) is 54.1 Å². The van der Waals surface area contributed by atoms with Crippen LogP contribution in [0, 0.1) is 0 Å². The number of nitrogens with one attached hydrogen (secondary N) is 1. The number of hydrogen-bond acceptors (Lipinski definition) is 5. The first-order chi connectivity index (χ1) is 13.6. The van der Waals surface area contributed by atoms with Crippen LogP contribution in [0.2, 0.25) is 0 Å². The highest BCUT2D eigenvalue weighted by molar-refractivity contribution is 7.92. The number of ether oxygens (including phenoxy) is 1. The Hall–Kier alpha value is -3.27. The molecule has 0 saturated carbocycles. The normalized spacial score (nSPS) is 23.2. The van der Waals surface area contributed by atoms with Crippen LogP contribution in [-0.2, 0) is 10.0 Å². The number of carbonyl (C=O) groups is 2. The maximum atomic E-state index is 13.1. The van der Waals surface area contributed by atoms with Crippen molar-refractivity contribution in [3.8, 4) is 5.75 Å². The second kappa shape index (κ2) is 6.38. The fourth-order valence-electron chi connectivity index (χ4n) is 3.93. The molecule has 1 saturated heterocycles. The van der Waals surface area contributed by atoms with Crippen LogP contribution in [0.1, 0.15) is 18.6 Å². The summed E-state index contributed by atoms with van der Waals surface area (Å²) in [5.74, 6) is 0.398. The molecule has 2 aromatic rings. The van der Waals surface area contributed by atoms with E-state index in [2.05, 4.69) is 4.72 Å². The Balaban J connectivity index is 1.88. The highest BCUT2D eigenvalue weighted by Crippen LogP contribution is 2.51. The van der Waals surface area contributed by atoms with Crippen LogP contribution in [0.25, 0.3) is 0 Å². The number of urea groups is 2. The second-order valence-corrected chi connectivity index (χ2v) is 9.11. The molecular weight excluding hydrogens is 396 g/mol. The zero-order valence-electron chi connectivity index (χ0n) is 15.8. The second-order valence-electron chi connectivity index (χ2n) is 7.36. The van der Waals surface area contributed by atoms with E-state index < -0.39 is 33.7 Å². The summed E-state index contributed by atoms with van der Waals surface area (Å²) in [6.45, 7) is 1.84. The first-order valence-corrected chi connectivity index (χ1v) is 10.7. The third-order valence-electron chi connectivity index (χ3n) is 5.09. The van der Waals surface area contributed by atoms with Crippen LogP contribution in [0.15, 0.2) is 48.5 Å². The summed E-state index contributed by atoms with van der Waals surface area (Å²) in [5.41, 5.74) is 5.96. The molecule has 2 atom stereocenters. The smallest absolute Gasteiger partial charge is 0.333 e. The minimum absolute atomic E-state index is 0.0316. The van der Waals surface area contributed by atoms with Crippen LogP contribution in [0.4, 0.5) is 21.0 Å². The first kappa shape index (κ1) is 19.1. The van der Waals surface area contributed by atoms with E-state index in [4.69, 9.17) is 10.5 Å². The minimum atomic E-state index is -3.51. The number of primary amides is 1. The van der Waals surface area contributed by atoms with Gasteiger partial charge in [0.2, 0.25) is 10.0 Å². The number of hydrogen-bond donors (Lipinski definition) is 2. The number of imide groups is 1. The van der Waals surface area contributed by atoms with Crippen LogP contribution < -0.4 is 20.1 Å². The number of nitrogens with zero attached hydrogens (tertiary/aromatic N) is 2. The topological polar surface area (TPSA) is 122 Å². The molecule has 0 spiro atoms. The van der Waals surface area contributed by atoms with Gasteiger partial charge in [-0.15, -0.1) is 0 Å². The van der Waals surface area contributed by atoms with Gasteiger partial charge in [-0.05, 0) is 30.7 Å². The Morgan fingerprint density at radius 1 is 1.24 bits per heavy atom. The molecule has 29 heavy (non-hydrogen) atoms. The van der Waals surface area contributed by atoms with E-state index in [1.54, 1.807) is 12.1 Å². The Bertz CT molecular complexity index is 1100. The molecular formula is C19H20N4O5S. The molecule has 0 bridgehead atoms. The van der Waals surface area contributed by atoms with E-state index in [1.807, 2.05) is 37.3 Å². The van der Waals surface area contributed by atoms with Crippen LogP contribution in [-0.4, -0.2) is 43.7 Å². The molecule has 152 valence electrons. The summed E-state index contributed by atoms with van der Waals surface area (Å²) >= 11 is 0. The van der Waals surface area contributed by atoms with Gasteiger partial charge in [-0.1, -0.05) is 30.3 Å². The van der Waals surface area contributed by atoms with E-state index in [9.17, 15) is 18.0 Å². The molecule has 0 aromatic heterocycles. The number of anilines is 2. The standard InChI is InChI=1S/C19H20N4O5S/c1-19-11-22(17(20)24)18(25)23(19)14-10-13(21-29(2,26)27)8-9-15(14)28-16(19)12-6-4-3-5-7-12/h3-10,16,21H,11H2,1-2H3,(H2,20,24). The van der Waals surface area contributed by atoms with E-state index in [1.165, 1.54) is 11.0 Å². The zero-order chi connectivity index (χ0) is 21.0. The summed E-state index contributed by atoms with van der Waals surface area (Å²) < 4.78 is 31.9. The highest BCUT2D eigenvalue weighted by atomic mass is 32.2. The predicted molar refractivity (Wildman–Crippen MR) is 107 cm³/mol. The lowest BCUT2D eigenvalue weighted by atomic mass is 9.86. The summed E-state index contributed by atoms with van der Waals surface area (Å²) in [4.78, 5) is 27.4. The van der Waals surface area contributed by atoms with Gasteiger partial charge in [-0.2, -0.15) is 0 Å². The molecule has 2 unspecified atom stereocenters. The molecule has 2 aliphatic rings. The van der Waals surface area contributed by atoms with Gasteiger partial charge in [0, 0.05) is 0 Å². The largest absolute Gasteiger partial charge is 0.481 e. The number of rotatable bonds is 3. The summed E-state index contributed by atoms with van der Waals surface area (Å²) in [5, 5.41) is 0. The van der Waals surface area contributed by atoms with Crippen molar-refractivity contribution in [3.63, 3.8) is 0 Å². The lowest BCUT2D eigenvalue weighted by molar-refractivity contribution is 0.108. The SMILES string of the molecule is CC12CN(C(N)=O)C(=O)N1c1cc(NS(C)(=O)=O)ccc1OC2c1ccccc1. The molecule has 2 aromatic carbocycles. The van der Waals surface area contributed by atoms with Crippen molar-refractivity contribution in [2.75, 3.05) is 22.4 Å². The van der Waals surface area contributed by atoms with Gasteiger partial charge in [-0.25, -0.2) is 22.9 Å². The monoisotopic (exact) mass is 416 g/mol. The maximum absolute atomic E-state index is 13.1. The Labute approximate surface area is 168 Å². The molecule has 4 amide bonds. The van der Waals surface area contributed by atoms with E-state index in [0.29, 0.717) is 11.4 Å². The molecule has 10 heteroatoms. The van der Waals surface area contributed by atoms with Gasteiger partial charge in [0.15, 0.2) is 0 Å². The molecule has 1 fully saturated rings. The fourth-order valence-corrected chi connectivity index (χ4v) is 4.48. The quantitative estimate of drug-likeness (QED) is 0.795. The van der Waals surface area contributed by atoms with Crippen LogP contribution >= 0.6 is 0 Å². The van der Waals surface area contributed by atoms with Crippen molar-refractivity contribution < 1.29 is 22.7 Å². The lowest BCUT2D eigenvalue weighted by Gasteiger charge is -2.45. The molecule has 0 radical (unpaired) electrons. The molecule has 4 rings (SSSR count). The molecule has 3 N–H and O–H groups in total. The molecule has 0 aliphatic carbocycles. The van der Waals surface area contributed by atoms with Crippen LogP contribution in [0.3, 0.4) is 0 Å². The number of sulfonamides is 1. The van der Waals surface area contributed by atoms with E-state index in [0.717, 1.165) is 16.7 Å². The van der Waals surface area contributed by atoms with Gasteiger partial charge >= 0.3 is 12.1 Å². The third kappa shape index (κ3) is 3.15. The Morgan fingerprint density at radius 3 is 2.55 bits per heavy atom. The maximum Gasteiger partial charge on any atom is 0.333 e. The number of benzene rings is 2. The van der Waals surface area contributed by atoms with Crippen molar-refractivity contribution in [1.82, 2.24) is 4.90 Å². The first-order valence-electron chi connectivity index (χ1n) is 8.85. The molecule has 2 aliphatic heterocycles. The minimum Gasteiger partial charge on any atom is -0.481 e. The summed E-state index contributed by atoms with van der Waals surface area (Å²) in [6.07, 6.45) is 0.479. The number of carbonyl (C=O) groups excluding carboxylic acids is 2. The van der Waals surface area contributed by atoms with Gasteiger partial charge in [0.25, 0.3) is 0 Å². The molecule has 2 heterocycles. The average Bonchev–Trinajstić information content (AvgIpc) is 2.93. The van der Waals surface area contributed by atoms with Crippen molar-refractivity contribution in [2.45, 2.75) is 18.6 Å². The predicted octanol–water partition coefficient (Wildman–Crippen LogP) is 2.27. The average molecular weight is 416 g/mol. The number of amides is 4. The summed E-state index contributed by atoms with van der Waals surface area (Å²) in [7, 11) is -3.51. The Kier molecular flexibility index (Phi) is 4.19. The number of fused-ring (bicyclic) bond motifs is 3. The number of nitrogens with two attached hydrogens (primary N) is 1. The third-order valence-corrected chi connectivity index (χ3v) is 5.70. The van der Waals surface area contributed by atoms with Gasteiger partial charge in [0.1, 0.15) is 17.4 Å². The van der Waals surface area contributed by atoms with Gasteiger partial charge in [0.05, 0.1) is 24.2 Å². The van der Waals surface area contributed by atoms with Crippen LogP contribution in [0.5, 0.6) is 5.75 Å². The highest BCUT2D eigenvalue weighted by Gasteiger charge is 2.58. The van der Waals surface area contributed by atoms with E-state index >= 15 is 0 Å². The summed E-state index contributed by atoms with van der Waals surface area (Å²) in [6, 6.07) is 12.6. The van der Waals surface area contributed by atoms with Gasteiger partial charge < -0.3 is 10.5 Å². The van der Waals surface area contributed by atoms with Crippen molar-refractivity contribution in [2.24, 2.45) is 5.73 Å². The lowest BCUT2D eigenvalue weighted by Crippen LogP contribution is -2.54. The molecule has 9 nitrogen and oxygen atoms in total. The van der Waals surface area contributed by atoms with E-state index in [-0.39, 0.29) is 12.2 Å². The zero-order valence-corrected chi connectivity index (χ0v) is 16.6. The van der Waals surface area contributed by atoms with Gasteiger partial charge in [-0.3, -0.25) is 9.62 Å². The Morgan fingerprint density at radius 2 is 1.93 bits per heavy atom. The fraction of sp³-hybridized carbons (Fsp3) is 0.263.